The molecule has 0 N–H and O–H groups in total. The van der Waals surface area contributed by atoms with E-state index in [2.05, 4.69) is 4.98 Å². The molecule has 1 aromatic rings. The van der Waals surface area contributed by atoms with E-state index in [1.54, 1.807) is 12.3 Å². The van der Waals surface area contributed by atoms with Gasteiger partial charge in [0.1, 0.15) is 0 Å². The van der Waals surface area contributed by atoms with Crippen molar-refractivity contribution in [3.8, 4) is 5.75 Å². The minimum absolute atomic E-state index is 0.131. The van der Waals surface area contributed by atoms with Crippen LogP contribution in [0.15, 0.2) is 23.7 Å². The van der Waals surface area contributed by atoms with Gasteiger partial charge >= 0.3 is 0 Å². The molecule has 1 rings (SSSR count). The van der Waals surface area contributed by atoms with Crippen LogP contribution in [-0.4, -0.2) is 12.1 Å². The quantitative estimate of drug-likeness (QED) is 0.755. The van der Waals surface area contributed by atoms with Crippen molar-refractivity contribution in [2.75, 3.05) is 7.11 Å². The molecule has 94 valence electrons. The van der Waals surface area contributed by atoms with E-state index in [-0.39, 0.29) is 11.7 Å². The summed E-state index contributed by atoms with van der Waals surface area (Å²) in [5.41, 5.74) is 1.67. The molecule has 0 amide bonds. The summed E-state index contributed by atoms with van der Waals surface area (Å²) in [4.78, 5) is 4.02. The van der Waals surface area contributed by atoms with Gasteiger partial charge in [0, 0.05) is 6.20 Å². The van der Waals surface area contributed by atoms with E-state index in [9.17, 15) is 4.39 Å². The van der Waals surface area contributed by atoms with Crippen LogP contribution in [0, 0.1) is 5.92 Å². The molecule has 4 heteroatoms. The fourth-order valence-corrected chi connectivity index (χ4v) is 1.83. The summed E-state index contributed by atoms with van der Waals surface area (Å²) in [6.07, 6.45) is 2.18. The fraction of sp³-hybridized carbons (Fsp3) is 0.462. The molecule has 0 unspecified atom stereocenters. The average Bonchev–Trinajstić information content (AvgIpc) is 2.26. The topological polar surface area (TPSA) is 22.1 Å². The number of aromatic nitrogens is 1. The molecular formula is C13H17ClFNO. The van der Waals surface area contributed by atoms with E-state index in [4.69, 9.17) is 16.3 Å². The molecule has 0 spiro atoms. The summed E-state index contributed by atoms with van der Waals surface area (Å²) in [6.45, 7) is 5.42. The first-order chi connectivity index (χ1) is 7.95. The van der Waals surface area contributed by atoms with Gasteiger partial charge in [-0.15, -0.1) is 0 Å². The molecule has 2 nitrogen and oxygen atoms in total. The highest BCUT2D eigenvalue weighted by molar-refractivity contribution is 6.30. The van der Waals surface area contributed by atoms with Crippen LogP contribution in [0.3, 0.4) is 0 Å². The predicted octanol–water partition coefficient (Wildman–Crippen LogP) is 4.19. The van der Waals surface area contributed by atoms with Crippen LogP contribution in [0.4, 0.5) is 4.39 Å². The van der Waals surface area contributed by atoms with E-state index in [1.165, 1.54) is 14.0 Å². The Morgan fingerprint density at radius 3 is 2.65 bits per heavy atom. The number of hydrogen-bond acceptors (Lipinski definition) is 2. The molecule has 0 saturated carbocycles. The van der Waals surface area contributed by atoms with E-state index < -0.39 is 0 Å². The average molecular weight is 258 g/mol. The Kier molecular flexibility index (Phi) is 4.94. The number of allylic oxidation sites excluding steroid dienone is 2. The van der Waals surface area contributed by atoms with Gasteiger partial charge in [-0.2, -0.15) is 0 Å². The van der Waals surface area contributed by atoms with Gasteiger partial charge in [-0.1, -0.05) is 25.4 Å². The van der Waals surface area contributed by atoms with Crippen molar-refractivity contribution in [3.63, 3.8) is 0 Å². The maximum atomic E-state index is 13.4. The summed E-state index contributed by atoms with van der Waals surface area (Å²) < 4.78 is 18.4. The summed E-state index contributed by atoms with van der Waals surface area (Å²) in [7, 11) is 1.53. The second-order valence-electron chi connectivity index (χ2n) is 4.23. The number of nitrogens with zero attached hydrogens (tertiary/aromatic N) is 1. The molecule has 0 bridgehead atoms. The highest BCUT2D eigenvalue weighted by Gasteiger charge is 2.11. The fourth-order valence-electron chi connectivity index (χ4n) is 1.65. The van der Waals surface area contributed by atoms with Crippen molar-refractivity contribution in [2.45, 2.75) is 27.2 Å². The lowest BCUT2D eigenvalue weighted by molar-refractivity contribution is 0.412. The third kappa shape index (κ3) is 3.70. The maximum absolute atomic E-state index is 13.4. The molecule has 0 saturated heterocycles. The van der Waals surface area contributed by atoms with Crippen LogP contribution in [0.25, 0.3) is 0 Å². The number of pyridine rings is 1. The highest BCUT2D eigenvalue weighted by Crippen LogP contribution is 2.26. The number of rotatable bonds is 4. The Labute approximate surface area is 106 Å². The summed E-state index contributed by atoms with van der Waals surface area (Å²) in [5.74, 6) is 0.555. The number of ether oxygens (including phenoxy) is 1. The first-order valence-electron chi connectivity index (χ1n) is 5.49. The minimum Gasteiger partial charge on any atom is -0.494 e. The SMILES string of the molecule is COc1cc(C/C(=C(/C)F)C(C)C)cnc1Cl. The number of methoxy groups -OCH3 is 1. The van der Waals surface area contributed by atoms with Gasteiger partial charge in [-0.05, 0) is 36.5 Å². The van der Waals surface area contributed by atoms with Crippen LogP contribution in [0.1, 0.15) is 26.3 Å². The zero-order valence-corrected chi connectivity index (χ0v) is 11.3. The normalized spacial score (nSPS) is 12.6. The lowest BCUT2D eigenvalue weighted by Crippen LogP contribution is -2.01. The van der Waals surface area contributed by atoms with Crippen molar-refractivity contribution in [2.24, 2.45) is 5.92 Å². The van der Waals surface area contributed by atoms with Gasteiger partial charge in [-0.25, -0.2) is 9.37 Å². The van der Waals surface area contributed by atoms with E-state index in [0.29, 0.717) is 17.3 Å². The van der Waals surface area contributed by atoms with Crippen LogP contribution >= 0.6 is 11.6 Å². The van der Waals surface area contributed by atoms with Crippen LogP contribution in [-0.2, 0) is 6.42 Å². The van der Waals surface area contributed by atoms with Crippen molar-refractivity contribution in [1.82, 2.24) is 4.98 Å². The Bertz CT molecular complexity index is 425. The Morgan fingerprint density at radius 2 is 2.18 bits per heavy atom. The molecule has 17 heavy (non-hydrogen) atoms. The van der Waals surface area contributed by atoms with Crippen LogP contribution < -0.4 is 4.74 Å². The van der Waals surface area contributed by atoms with Crippen molar-refractivity contribution in [1.29, 1.82) is 0 Å². The standard InChI is InChI=1S/C13H17ClFNO/c1-8(2)11(9(3)15)5-10-6-12(17-4)13(14)16-7-10/h6-8H,5H2,1-4H3/b11-9+. The Hall–Kier alpha value is -1.09. The first-order valence-corrected chi connectivity index (χ1v) is 5.87. The summed E-state index contributed by atoms with van der Waals surface area (Å²) >= 11 is 5.84. The first kappa shape index (κ1) is 14.0. The molecule has 0 aliphatic heterocycles. The molecule has 0 fully saturated rings. The number of hydrogen-bond donors (Lipinski definition) is 0. The highest BCUT2D eigenvalue weighted by atomic mass is 35.5. The Balaban J connectivity index is 2.99. The third-order valence-electron chi connectivity index (χ3n) is 2.62. The zero-order valence-electron chi connectivity index (χ0n) is 10.6. The minimum atomic E-state index is -0.131. The zero-order chi connectivity index (χ0) is 13.0. The second kappa shape index (κ2) is 6.01. The van der Waals surface area contributed by atoms with Crippen molar-refractivity contribution >= 4 is 11.6 Å². The van der Waals surface area contributed by atoms with Crippen molar-refractivity contribution in [3.05, 3.63) is 34.4 Å². The van der Waals surface area contributed by atoms with Crippen LogP contribution in [0.5, 0.6) is 5.75 Å². The molecule has 0 radical (unpaired) electrons. The third-order valence-corrected chi connectivity index (χ3v) is 2.90. The summed E-state index contributed by atoms with van der Waals surface area (Å²) in [6, 6.07) is 1.79. The molecule has 1 heterocycles. The van der Waals surface area contributed by atoms with E-state index >= 15 is 0 Å². The predicted molar refractivity (Wildman–Crippen MR) is 68.1 cm³/mol. The molecule has 1 aromatic heterocycles. The Morgan fingerprint density at radius 1 is 1.53 bits per heavy atom. The molecule has 0 atom stereocenters. The van der Waals surface area contributed by atoms with Gasteiger partial charge in [-0.3, -0.25) is 0 Å². The molecule has 0 aliphatic rings. The van der Waals surface area contributed by atoms with E-state index in [1.807, 2.05) is 13.8 Å². The molecule has 0 aliphatic carbocycles. The maximum Gasteiger partial charge on any atom is 0.171 e. The number of halogens is 2. The largest absolute Gasteiger partial charge is 0.494 e. The summed E-state index contributed by atoms with van der Waals surface area (Å²) in [5, 5.41) is 0.322. The van der Waals surface area contributed by atoms with Gasteiger partial charge in [0.15, 0.2) is 10.9 Å². The molecular weight excluding hydrogens is 241 g/mol. The van der Waals surface area contributed by atoms with Crippen LogP contribution in [0.2, 0.25) is 5.15 Å². The van der Waals surface area contributed by atoms with Gasteiger partial charge in [0.2, 0.25) is 0 Å². The smallest absolute Gasteiger partial charge is 0.171 e. The molecule has 0 aromatic carbocycles. The lowest BCUT2D eigenvalue weighted by Gasteiger charge is -2.12. The monoisotopic (exact) mass is 257 g/mol. The second-order valence-corrected chi connectivity index (χ2v) is 4.58. The van der Waals surface area contributed by atoms with Crippen molar-refractivity contribution < 1.29 is 9.13 Å². The lowest BCUT2D eigenvalue weighted by atomic mass is 9.96. The van der Waals surface area contributed by atoms with Gasteiger partial charge in [0.25, 0.3) is 0 Å². The van der Waals surface area contributed by atoms with E-state index in [0.717, 1.165) is 11.1 Å². The van der Waals surface area contributed by atoms with Gasteiger partial charge in [0.05, 0.1) is 12.9 Å². The van der Waals surface area contributed by atoms with Gasteiger partial charge < -0.3 is 4.74 Å².